The molecule has 2 aromatic heterocycles. The minimum Gasteiger partial charge on any atom is -0.384 e. The Kier molecular flexibility index (Phi) is 3.43. The Morgan fingerprint density at radius 2 is 2.11 bits per heavy atom. The summed E-state index contributed by atoms with van der Waals surface area (Å²) in [5.74, 6) is 0.00566. The molecule has 100 valence electrons. The van der Waals surface area contributed by atoms with E-state index in [9.17, 15) is 4.79 Å². The molecule has 0 radical (unpaired) electrons. The first-order valence-electron chi connectivity index (χ1n) is 5.61. The quantitative estimate of drug-likeness (QED) is 0.861. The van der Waals surface area contributed by atoms with Crippen LogP contribution in [0.4, 0.5) is 10.9 Å². The summed E-state index contributed by atoms with van der Waals surface area (Å²) >= 11 is 1.01. The van der Waals surface area contributed by atoms with Crippen LogP contribution in [0.25, 0.3) is 0 Å². The number of amides is 1. The summed E-state index contributed by atoms with van der Waals surface area (Å²) in [6, 6.07) is 3.25. The molecule has 0 aliphatic carbocycles. The van der Waals surface area contributed by atoms with Gasteiger partial charge < -0.3 is 5.73 Å². The van der Waals surface area contributed by atoms with Crippen molar-refractivity contribution in [2.75, 3.05) is 11.1 Å². The van der Waals surface area contributed by atoms with Crippen molar-refractivity contribution in [1.82, 2.24) is 19.8 Å². The molecule has 0 fully saturated rings. The van der Waals surface area contributed by atoms with Crippen LogP contribution in [0.5, 0.6) is 0 Å². The average Bonchev–Trinajstić information content (AvgIpc) is 2.79. The molecule has 19 heavy (non-hydrogen) atoms. The number of carbonyl (C=O) groups excluding carboxylic acids is 1. The Hall–Kier alpha value is -2.09. The molecule has 0 bridgehead atoms. The molecule has 0 spiro atoms. The van der Waals surface area contributed by atoms with Crippen LogP contribution in [0.3, 0.4) is 0 Å². The Bertz CT molecular complexity index is 590. The maximum Gasteiger partial charge on any atom is 0.257 e. The van der Waals surface area contributed by atoms with Crippen LogP contribution in [0.15, 0.2) is 12.1 Å². The van der Waals surface area contributed by atoms with E-state index in [4.69, 9.17) is 5.73 Å². The lowest BCUT2D eigenvalue weighted by molar-refractivity contribution is 0.102. The van der Waals surface area contributed by atoms with Crippen LogP contribution in [0.1, 0.15) is 36.8 Å². The van der Waals surface area contributed by atoms with Crippen molar-refractivity contribution in [3.05, 3.63) is 23.4 Å². The van der Waals surface area contributed by atoms with E-state index in [2.05, 4.69) is 25.1 Å². The van der Waals surface area contributed by atoms with E-state index in [1.54, 1.807) is 6.07 Å². The van der Waals surface area contributed by atoms with E-state index in [0.717, 1.165) is 17.2 Å². The number of carbonyl (C=O) groups is 1. The minimum absolute atomic E-state index is 0.186. The number of aromatic nitrogens is 4. The van der Waals surface area contributed by atoms with Gasteiger partial charge in [0.05, 0.1) is 0 Å². The normalized spacial score (nSPS) is 11.3. The van der Waals surface area contributed by atoms with Crippen LogP contribution in [-0.4, -0.2) is 25.7 Å². The van der Waals surface area contributed by atoms with Gasteiger partial charge in [-0.3, -0.25) is 10.1 Å². The lowest BCUT2D eigenvalue weighted by Gasteiger charge is -2.18. The van der Waals surface area contributed by atoms with Gasteiger partial charge in [0.1, 0.15) is 5.82 Å². The molecule has 0 atom stereocenters. The summed E-state index contributed by atoms with van der Waals surface area (Å²) in [5, 5.41) is 10.0. The summed E-state index contributed by atoms with van der Waals surface area (Å²) in [5.41, 5.74) is 6.75. The second-order valence-electron chi connectivity index (χ2n) is 5.04. The van der Waals surface area contributed by atoms with E-state index in [1.807, 2.05) is 20.8 Å². The van der Waals surface area contributed by atoms with Gasteiger partial charge in [-0.1, -0.05) is 30.4 Å². The van der Waals surface area contributed by atoms with Gasteiger partial charge in [-0.25, -0.2) is 4.98 Å². The highest BCUT2D eigenvalue weighted by molar-refractivity contribution is 7.09. The van der Waals surface area contributed by atoms with Gasteiger partial charge in [-0.05, 0) is 17.3 Å². The van der Waals surface area contributed by atoms with E-state index in [0.29, 0.717) is 16.5 Å². The fourth-order valence-corrected chi connectivity index (χ4v) is 1.78. The van der Waals surface area contributed by atoms with Gasteiger partial charge in [0.15, 0.2) is 0 Å². The molecule has 2 heterocycles. The highest BCUT2D eigenvalue weighted by Gasteiger charge is 2.19. The minimum atomic E-state index is -0.307. The number of hydrogen-bond acceptors (Lipinski definition) is 7. The van der Waals surface area contributed by atoms with E-state index >= 15 is 0 Å². The first-order chi connectivity index (χ1) is 8.86. The first-order valence-corrected chi connectivity index (χ1v) is 6.38. The van der Waals surface area contributed by atoms with Crippen molar-refractivity contribution < 1.29 is 4.79 Å². The Balaban J connectivity index is 2.29. The van der Waals surface area contributed by atoms with Crippen LogP contribution in [-0.2, 0) is 5.41 Å². The number of nitrogens with zero attached hydrogens (tertiary/aromatic N) is 4. The zero-order valence-corrected chi connectivity index (χ0v) is 11.7. The van der Waals surface area contributed by atoms with Crippen molar-refractivity contribution in [2.45, 2.75) is 26.2 Å². The number of nitrogens with two attached hydrogens (primary N) is 1. The van der Waals surface area contributed by atoms with Gasteiger partial charge in [0.25, 0.3) is 5.91 Å². The molecule has 0 aromatic carbocycles. The van der Waals surface area contributed by atoms with Gasteiger partial charge >= 0.3 is 0 Å². The van der Waals surface area contributed by atoms with Crippen LogP contribution in [0.2, 0.25) is 0 Å². The number of hydrogen-bond donors (Lipinski definition) is 2. The standard InChI is InChI=1S/C11H14N6OS/c1-11(2,3)7-4-6(5-8(12)13-7)9(18)14-10-15-16-17-19-10/h4-5H,1-3H3,(H2,12,13)(H,14,15,17,18). The highest BCUT2D eigenvalue weighted by Crippen LogP contribution is 2.23. The molecule has 2 rings (SSSR count). The molecule has 0 aliphatic rings. The van der Waals surface area contributed by atoms with Crippen molar-refractivity contribution in [1.29, 1.82) is 0 Å². The number of rotatable bonds is 2. The highest BCUT2D eigenvalue weighted by atomic mass is 32.1. The monoisotopic (exact) mass is 278 g/mol. The second-order valence-corrected chi connectivity index (χ2v) is 5.77. The number of nitrogen functional groups attached to an aromatic ring is 1. The average molecular weight is 278 g/mol. The predicted octanol–water partition coefficient (Wildman–Crippen LogP) is 1.46. The molecular formula is C11H14N6OS. The van der Waals surface area contributed by atoms with Crippen molar-refractivity contribution >= 4 is 28.4 Å². The number of pyridine rings is 1. The van der Waals surface area contributed by atoms with Crippen LogP contribution < -0.4 is 11.1 Å². The third-order valence-electron chi connectivity index (χ3n) is 2.40. The molecular weight excluding hydrogens is 264 g/mol. The molecule has 7 nitrogen and oxygen atoms in total. The molecule has 3 N–H and O–H groups in total. The SMILES string of the molecule is CC(C)(C)c1cc(C(=O)Nc2nnns2)cc(N)n1. The van der Waals surface area contributed by atoms with Gasteiger partial charge in [-0.2, -0.15) is 0 Å². The summed E-state index contributed by atoms with van der Waals surface area (Å²) in [7, 11) is 0. The molecule has 0 saturated heterocycles. The maximum absolute atomic E-state index is 12.1. The number of anilines is 2. The third kappa shape index (κ3) is 3.22. The van der Waals surface area contributed by atoms with Crippen molar-refractivity contribution in [3.8, 4) is 0 Å². The van der Waals surface area contributed by atoms with Gasteiger partial charge in [-0.15, -0.1) is 0 Å². The fraction of sp³-hybridized carbons (Fsp3) is 0.364. The molecule has 2 aromatic rings. The van der Waals surface area contributed by atoms with Crippen LogP contribution >= 0.6 is 11.5 Å². The van der Waals surface area contributed by atoms with Crippen molar-refractivity contribution in [3.63, 3.8) is 0 Å². The number of nitrogens with one attached hydrogen (secondary N) is 1. The Morgan fingerprint density at radius 1 is 1.37 bits per heavy atom. The van der Waals surface area contributed by atoms with Crippen molar-refractivity contribution in [2.24, 2.45) is 0 Å². The van der Waals surface area contributed by atoms with E-state index in [1.165, 1.54) is 6.07 Å². The largest absolute Gasteiger partial charge is 0.384 e. The second kappa shape index (κ2) is 4.88. The lowest BCUT2D eigenvalue weighted by Crippen LogP contribution is -2.18. The summed E-state index contributed by atoms with van der Waals surface area (Å²) in [6.07, 6.45) is 0. The van der Waals surface area contributed by atoms with E-state index < -0.39 is 0 Å². The lowest BCUT2D eigenvalue weighted by atomic mass is 9.90. The summed E-state index contributed by atoms with van der Waals surface area (Å²) in [4.78, 5) is 16.3. The third-order valence-corrected chi connectivity index (χ3v) is 2.91. The zero-order chi connectivity index (χ0) is 14.0. The predicted molar refractivity (Wildman–Crippen MR) is 73.0 cm³/mol. The smallest absolute Gasteiger partial charge is 0.257 e. The molecule has 0 saturated carbocycles. The molecule has 0 unspecified atom stereocenters. The Labute approximate surface area is 114 Å². The molecule has 8 heteroatoms. The summed E-state index contributed by atoms with van der Waals surface area (Å²) in [6.45, 7) is 6.02. The van der Waals surface area contributed by atoms with Gasteiger partial charge in [0.2, 0.25) is 5.13 Å². The van der Waals surface area contributed by atoms with Gasteiger partial charge in [0, 0.05) is 28.2 Å². The topological polar surface area (TPSA) is 107 Å². The Morgan fingerprint density at radius 3 is 2.68 bits per heavy atom. The van der Waals surface area contributed by atoms with E-state index in [-0.39, 0.29) is 11.3 Å². The summed E-state index contributed by atoms with van der Waals surface area (Å²) < 4.78 is 3.57. The maximum atomic E-state index is 12.1. The zero-order valence-electron chi connectivity index (χ0n) is 10.8. The first kappa shape index (κ1) is 13.3. The fourth-order valence-electron chi connectivity index (χ4n) is 1.42. The molecule has 1 amide bonds. The van der Waals surface area contributed by atoms with Crippen LogP contribution in [0, 0.1) is 0 Å². The molecule has 0 aliphatic heterocycles.